The van der Waals surface area contributed by atoms with Gasteiger partial charge in [0, 0.05) is 0 Å². The molecule has 0 amide bonds. The van der Waals surface area contributed by atoms with Gasteiger partial charge >= 0.3 is 0 Å². The fraction of sp³-hybridized carbons (Fsp3) is 0.300. The van der Waals surface area contributed by atoms with Gasteiger partial charge in [-0.25, -0.2) is 9.79 Å². The molecule has 0 aliphatic carbocycles. The Balaban J connectivity index is 2.45. The largest absolute Gasteiger partial charge is 0.491 e. The number of para-hydroxylation sites is 1. The molecule has 0 saturated carbocycles. The van der Waals surface area contributed by atoms with Crippen LogP contribution in [0.25, 0.3) is 0 Å². The molecular weight excluding hydrogens is 166 g/mol. The zero-order valence-electron chi connectivity index (χ0n) is 7.49. The summed E-state index contributed by atoms with van der Waals surface area (Å²) in [5, 5.41) is 0. The first-order chi connectivity index (χ1) is 6.34. The van der Waals surface area contributed by atoms with E-state index in [4.69, 9.17) is 4.74 Å². The molecule has 13 heavy (non-hydrogen) atoms. The van der Waals surface area contributed by atoms with Crippen molar-refractivity contribution >= 4 is 6.08 Å². The lowest BCUT2D eigenvalue weighted by atomic mass is 10.2. The summed E-state index contributed by atoms with van der Waals surface area (Å²) in [7, 11) is 0. The number of aliphatic imine (C=N–C) groups is 1. The van der Waals surface area contributed by atoms with Crippen LogP contribution in [0.5, 0.6) is 5.75 Å². The Kier molecular flexibility index (Phi) is 3.74. The molecule has 3 heteroatoms. The molecular formula is C10H11NO2. The molecule has 0 bridgehead atoms. The van der Waals surface area contributed by atoms with Gasteiger partial charge in [0.25, 0.3) is 0 Å². The van der Waals surface area contributed by atoms with Gasteiger partial charge in [-0.15, -0.1) is 0 Å². The van der Waals surface area contributed by atoms with Gasteiger partial charge in [-0.3, -0.25) is 0 Å². The molecule has 0 spiro atoms. The van der Waals surface area contributed by atoms with Crippen molar-refractivity contribution in [2.45, 2.75) is 6.92 Å². The van der Waals surface area contributed by atoms with Crippen molar-refractivity contribution in [2.75, 3.05) is 13.2 Å². The molecule has 68 valence electrons. The summed E-state index contributed by atoms with van der Waals surface area (Å²) >= 11 is 0. The Morgan fingerprint density at radius 3 is 2.92 bits per heavy atom. The normalized spacial score (nSPS) is 9.00. The van der Waals surface area contributed by atoms with Gasteiger partial charge in [0.05, 0.1) is 6.54 Å². The number of rotatable bonds is 4. The highest BCUT2D eigenvalue weighted by molar-refractivity contribution is 5.33. The predicted octanol–water partition coefficient (Wildman–Crippen LogP) is 1.71. The number of nitrogens with zero attached hydrogens (tertiary/aromatic N) is 1. The third kappa shape index (κ3) is 3.09. The van der Waals surface area contributed by atoms with Crippen LogP contribution < -0.4 is 4.74 Å². The first-order valence-electron chi connectivity index (χ1n) is 4.06. The maximum Gasteiger partial charge on any atom is 0.235 e. The predicted molar refractivity (Wildman–Crippen MR) is 49.7 cm³/mol. The summed E-state index contributed by atoms with van der Waals surface area (Å²) in [5.74, 6) is 0.837. The molecule has 1 rings (SSSR count). The van der Waals surface area contributed by atoms with Crippen molar-refractivity contribution < 1.29 is 9.53 Å². The van der Waals surface area contributed by atoms with Crippen molar-refractivity contribution in [2.24, 2.45) is 4.99 Å². The number of aryl methyl sites for hydroxylation is 1. The Labute approximate surface area is 77.1 Å². The lowest BCUT2D eigenvalue weighted by Crippen LogP contribution is -2.01. The van der Waals surface area contributed by atoms with Crippen LogP contribution in [0.1, 0.15) is 5.56 Å². The van der Waals surface area contributed by atoms with Crippen LogP contribution in [0.3, 0.4) is 0 Å². The smallest absolute Gasteiger partial charge is 0.235 e. The van der Waals surface area contributed by atoms with Crippen LogP contribution >= 0.6 is 0 Å². The first-order valence-corrected chi connectivity index (χ1v) is 4.06. The van der Waals surface area contributed by atoms with Gasteiger partial charge in [-0.2, -0.15) is 0 Å². The lowest BCUT2D eigenvalue weighted by molar-refractivity contribution is 0.326. The molecule has 0 aliphatic heterocycles. The van der Waals surface area contributed by atoms with Crippen molar-refractivity contribution in [3.63, 3.8) is 0 Å². The number of carbonyl (C=O) groups excluding carboxylic acids is 1. The number of hydrogen-bond donors (Lipinski definition) is 0. The van der Waals surface area contributed by atoms with E-state index in [1.165, 1.54) is 6.08 Å². The summed E-state index contributed by atoms with van der Waals surface area (Å²) in [6, 6.07) is 7.72. The SMILES string of the molecule is Cc1ccccc1OCCN=C=O. The Morgan fingerprint density at radius 1 is 1.46 bits per heavy atom. The molecule has 0 aromatic heterocycles. The van der Waals surface area contributed by atoms with E-state index in [9.17, 15) is 4.79 Å². The van der Waals surface area contributed by atoms with Gasteiger partial charge in [0.1, 0.15) is 12.4 Å². The third-order valence-electron chi connectivity index (χ3n) is 1.62. The maximum atomic E-state index is 9.74. The summed E-state index contributed by atoms with van der Waals surface area (Å²) in [5.41, 5.74) is 1.08. The van der Waals surface area contributed by atoms with Crippen LogP contribution in [-0.4, -0.2) is 19.2 Å². The monoisotopic (exact) mass is 177 g/mol. The standard InChI is InChI=1S/C10H11NO2/c1-9-4-2-3-5-10(9)13-7-6-11-8-12/h2-5H,6-7H2,1H3. The number of benzene rings is 1. The highest BCUT2D eigenvalue weighted by Gasteiger charge is 1.95. The van der Waals surface area contributed by atoms with E-state index in [1.807, 2.05) is 31.2 Å². The molecule has 1 aromatic carbocycles. The topological polar surface area (TPSA) is 38.7 Å². The zero-order chi connectivity index (χ0) is 9.52. The van der Waals surface area contributed by atoms with E-state index >= 15 is 0 Å². The molecule has 0 aliphatic rings. The Morgan fingerprint density at radius 2 is 2.23 bits per heavy atom. The Bertz CT molecular complexity index is 316. The summed E-state index contributed by atoms with van der Waals surface area (Å²) in [6.07, 6.45) is 1.46. The van der Waals surface area contributed by atoms with Gasteiger partial charge in [0.2, 0.25) is 6.08 Å². The summed E-state index contributed by atoms with van der Waals surface area (Å²) in [6.45, 7) is 2.75. The lowest BCUT2D eigenvalue weighted by Gasteiger charge is -2.05. The summed E-state index contributed by atoms with van der Waals surface area (Å²) in [4.78, 5) is 13.1. The summed E-state index contributed by atoms with van der Waals surface area (Å²) < 4.78 is 5.37. The highest BCUT2D eigenvalue weighted by Crippen LogP contribution is 2.15. The third-order valence-corrected chi connectivity index (χ3v) is 1.62. The van der Waals surface area contributed by atoms with Crippen molar-refractivity contribution in [1.29, 1.82) is 0 Å². The van der Waals surface area contributed by atoms with Crippen molar-refractivity contribution in [3.8, 4) is 5.75 Å². The minimum Gasteiger partial charge on any atom is -0.491 e. The molecule has 0 unspecified atom stereocenters. The van der Waals surface area contributed by atoms with E-state index in [-0.39, 0.29) is 0 Å². The quantitative estimate of drug-likeness (QED) is 0.399. The van der Waals surface area contributed by atoms with Crippen LogP contribution in [-0.2, 0) is 4.79 Å². The fourth-order valence-electron chi connectivity index (χ4n) is 0.965. The minimum atomic E-state index is 0.359. The van der Waals surface area contributed by atoms with E-state index in [2.05, 4.69) is 4.99 Å². The minimum absolute atomic E-state index is 0.359. The first kappa shape index (κ1) is 9.49. The van der Waals surface area contributed by atoms with Crippen molar-refractivity contribution in [1.82, 2.24) is 0 Å². The second-order valence-corrected chi connectivity index (χ2v) is 2.59. The van der Waals surface area contributed by atoms with E-state index in [0.717, 1.165) is 11.3 Å². The fourth-order valence-corrected chi connectivity index (χ4v) is 0.965. The second kappa shape index (κ2) is 5.12. The number of ether oxygens (including phenoxy) is 1. The van der Waals surface area contributed by atoms with Gasteiger partial charge in [-0.1, -0.05) is 18.2 Å². The number of isocyanates is 1. The van der Waals surface area contributed by atoms with Gasteiger partial charge in [-0.05, 0) is 18.6 Å². The molecule has 0 N–H and O–H groups in total. The molecule has 0 radical (unpaired) electrons. The van der Waals surface area contributed by atoms with E-state index in [0.29, 0.717) is 13.2 Å². The number of hydrogen-bond acceptors (Lipinski definition) is 3. The van der Waals surface area contributed by atoms with Crippen LogP contribution in [0.4, 0.5) is 0 Å². The highest BCUT2D eigenvalue weighted by atomic mass is 16.5. The maximum absolute atomic E-state index is 9.74. The van der Waals surface area contributed by atoms with Crippen LogP contribution in [0, 0.1) is 6.92 Å². The average Bonchev–Trinajstić information content (AvgIpc) is 2.15. The molecule has 0 saturated heterocycles. The van der Waals surface area contributed by atoms with Gasteiger partial charge < -0.3 is 4.74 Å². The molecule has 0 heterocycles. The van der Waals surface area contributed by atoms with E-state index < -0.39 is 0 Å². The molecule has 3 nitrogen and oxygen atoms in total. The Hall–Kier alpha value is -1.60. The zero-order valence-corrected chi connectivity index (χ0v) is 7.49. The van der Waals surface area contributed by atoms with E-state index in [1.54, 1.807) is 0 Å². The van der Waals surface area contributed by atoms with Crippen molar-refractivity contribution in [3.05, 3.63) is 29.8 Å². The molecule has 0 atom stereocenters. The van der Waals surface area contributed by atoms with Gasteiger partial charge in [0.15, 0.2) is 0 Å². The van der Waals surface area contributed by atoms with Crippen LogP contribution in [0.15, 0.2) is 29.3 Å². The average molecular weight is 177 g/mol. The molecule has 1 aromatic rings. The molecule has 0 fully saturated rings. The second-order valence-electron chi connectivity index (χ2n) is 2.59. The van der Waals surface area contributed by atoms with Crippen LogP contribution in [0.2, 0.25) is 0 Å².